The first-order chi connectivity index (χ1) is 10.5. The molecule has 22 heavy (non-hydrogen) atoms. The number of nitrogens with two attached hydrogens (primary N) is 1. The van der Waals surface area contributed by atoms with Crippen molar-refractivity contribution in [3.05, 3.63) is 70.8 Å². The number of hydrogen-bond donors (Lipinski definition) is 2. The molecule has 0 fully saturated rings. The van der Waals surface area contributed by atoms with E-state index in [-0.39, 0.29) is 11.9 Å². The van der Waals surface area contributed by atoms with Crippen LogP contribution < -0.4 is 11.1 Å². The highest BCUT2D eigenvalue weighted by Gasteiger charge is 2.10. The molecule has 0 aliphatic carbocycles. The van der Waals surface area contributed by atoms with E-state index in [4.69, 9.17) is 5.73 Å². The first kappa shape index (κ1) is 16.2. The molecular weight excluding hydrogens is 272 g/mol. The third kappa shape index (κ3) is 4.18. The third-order valence-corrected chi connectivity index (χ3v) is 3.79. The molecule has 0 radical (unpaired) electrons. The predicted octanol–water partition coefficient (Wildman–Crippen LogP) is 3.55. The lowest BCUT2D eigenvalue weighted by molar-refractivity contribution is 0.0951. The van der Waals surface area contributed by atoms with Gasteiger partial charge in [-0.05, 0) is 36.1 Å². The van der Waals surface area contributed by atoms with Crippen LogP contribution in [0.25, 0.3) is 0 Å². The highest BCUT2D eigenvalue weighted by molar-refractivity contribution is 5.94. The molecule has 0 saturated carbocycles. The van der Waals surface area contributed by atoms with Crippen LogP contribution in [0, 0.1) is 6.92 Å². The van der Waals surface area contributed by atoms with Crippen molar-refractivity contribution >= 4 is 5.91 Å². The number of nitrogens with one attached hydrogen (secondary N) is 1. The highest BCUT2D eigenvalue weighted by atomic mass is 16.1. The zero-order valence-corrected chi connectivity index (χ0v) is 13.5. The minimum Gasteiger partial charge on any atom is -0.350 e. The smallest absolute Gasteiger partial charge is 0.251 e. The molecule has 0 aliphatic rings. The van der Waals surface area contributed by atoms with Crippen molar-refractivity contribution in [2.75, 3.05) is 6.54 Å². The average Bonchev–Trinajstić information content (AvgIpc) is 2.52. The molecule has 3 N–H and O–H groups in total. The number of carbonyl (C=O) groups excluding carboxylic acids is 1. The van der Waals surface area contributed by atoms with E-state index in [1.165, 1.54) is 5.56 Å². The maximum atomic E-state index is 12.1. The Labute approximate surface area is 132 Å². The van der Waals surface area contributed by atoms with Crippen molar-refractivity contribution < 1.29 is 4.79 Å². The molecule has 0 aliphatic heterocycles. The molecule has 116 valence electrons. The Morgan fingerprint density at radius 1 is 1.09 bits per heavy atom. The first-order valence-corrected chi connectivity index (χ1v) is 7.67. The molecule has 2 rings (SSSR count). The second-order valence-corrected chi connectivity index (χ2v) is 6.01. The molecule has 0 aromatic heterocycles. The minimum absolute atomic E-state index is 0.0852. The number of benzene rings is 2. The van der Waals surface area contributed by atoms with Crippen LogP contribution in [0.15, 0.2) is 48.5 Å². The van der Waals surface area contributed by atoms with Gasteiger partial charge in [-0.1, -0.05) is 55.8 Å². The summed E-state index contributed by atoms with van der Waals surface area (Å²) in [7, 11) is 0. The van der Waals surface area contributed by atoms with E-state index in [2.05, 4.69) is 31.3 Å². The number of hydrogen-bond acceptors (Lipinski definition) is 2. The van der Waals surface area contributed by atoms with Crippen molar-refractivity contribution in [2.45, 2.75) is 32.7 Å². The van der Waals surface area contributed by atoms with E-state index >= 15 is 0 Å². The summed E-state index contributed by atoms with van der Waals surface area (Å²) in [5.74, 6) is 0.421. The van der Waals surface area contributed by atoms with Crippen LogP contribution in [-0.4, -0.2) is 12.5 Å². The van der Waals surface area contributed by atoms with E-state index in [0.717, 1.165) is 11.1 Å². The second-order valence-electron chi connectivity index (χ2n) is 6.01. The monoisotopic (exact) mass is 296 g/mol. The Hall–Kier alpha value is -2.13. The molecule has 0 saturated heterocycles. The lowest BCUT2D eigenvalue weighted by Crippen LogP contribution is -2.31. The fraction of sp³-hybridized carbons (Fsp3) is 0.316. The molecule has 0 bridgehead atoms. The van der Waals surface area contributed by atoms with Crippen LogP contribution in [0.1, 0.15) is 52.9 Å². The van der Waals surface area contributed by atoms with Gasteiger partial charge in [0.25, 0.3) is 5.91 Å². The van der Waals surface area contributed by atoms with Gasteiger partial charge in [0.2, 0.25) is 0 Å². The number of aryl methyl sites for hydroxylation is 1. The standard InChI is InChI=1S/C19H24N2O/c1-13(2)15-7-9-16(10-8-15)18(20)12-21-19(22)17-6-4-5-14(3)11-17/h4-11,13,18H,12,20H2,1-3H3,(H,21,22). The second kappa shape index (κ2) is 7.23. The normalized spacial score (nSPS) is 12.2. The van der Waals surface area contributed by atoms with Crippen molar-refractivity contribution in [2.24, 2.45) is 5.73 Å². The molecule has 3 nitrogen and oxygen atoms in total. The van der Waals surface area contributed by atoms with Crippen LogP contribution >= 0.6 is 0 Å². The summed E-state index contributed by atoms with van der Waals surface area (Å²) in [6.07, 6.45) is 0. The van der Waals surface area contributed by atoms with E-state index in [9.17, 15) is 4.79 Å². The van der Waals surface area contributed by atoms with Gasteiger partial charge < -0.3 is 11.1 Å². The topological polar surface area (TPSA) is 55.1 Å². The van der Waals surface area contributed by atoms with Crippen molar-refractivity contribution in [3.63, 3.8) is 0 Å². The van der Waals surface area contributed by atoms with Gasteiger partial charge in [-0.15, -0.1) is 0 Å². The van der Waals surface area contributed by atoms with Crippen LogP contribution in [0.4, 0.5) is 0 Å². The van der Waals surface area contributed by atoms with Crippen LogP contribution in [0.2, 0.25) is 0 Å². The molecule has 0 heterocycles. The summed E-state index contributed by atoms with van der Waals surface area (Å²) >= 11 is 0. The fourth-order valence-corrected chi connectivity index (χ4v) is 2.34. The van der Waals surface area contributed by atoms with Gasteiger partial charge in [0.05, 0.1) is 0 Å². The zero-order valence-electron chi connectivity index (χ0n) is 13.5. The maximum absolute atomic E-state index is 12.1. The Bertz CT molecular complexity index is 632. The summed E-state index contributed by atoms with van der Waals surface area (Å²) in [5.41, 5.74) is 10.2. The van der Waals surface area contributed by atoms with Crippen molar-refractivity contribution in [1.82, 2.24) is 5.32 Å². The van der Waals surface area contributed by atoms with Gasteiger partial charge in [0, 0.05) is 18.2 Å². The summed E-state index contributed by atoms with van der Waals surface area (Å²) in [6.45, 7) is 6.72. The van der Waals surface area contributed by atoms with Gasteiger partial charge >= 0.3 is 0 Å². The Morgan fingerprint density at radius 3 is 2.32 bits per heavy atom. The minimum atomic E-state index is -0.199. The van der Waals surface area contributed by atoms with E-state index in [1.54, 1.807) is 0 Å². The summed E-state index contributed by atoms with van der Waals surface area (Å²) < 4.78 is 0. The van der Waals surface area contributed by atoms with Crippen LogP contribution in [0.5, 0.6) is 0 Å². The van der Waals surface area contributed by atoms with Gasteiger partial charge in [0.1, 0.15) is 0 Å². The first-order valence-electron chi connectivity index (χ1n) is 7.67. The van der Waals surface area contributed by atoms with Gasteiger partial charge in [-0.3, -0.25) is 4.79 Å². The average molecular weight is 296 g/mol. The van der Waals surface area contributed by atoms with Crippen LogP contribution in [0.3, 0.4) is 0 Å². The Balaban J connectivity index is 1.94. The molecule has 1 unspecified atom stereocenters. The molecule has 2 aromatic rings. The Morgan fingerprint density at radius 2 is 1.73 bits per heavy atom. The van der Waals surface area contributed by atoms with Crippen molar-refractivity contribution in [1.29, 1.82) is 0 Å². The highest BCUT2D eigenvalue weighted by Crippen LogP contribution is 2.17. The van der Waals surface area contributed by atoms with Gasteiger partial charge in [0.15, 0.2) is 0 Å². The number of amides is 1. The molecule has 3 heteroatoms. The SMILES string of the molecule is Cc1cccc(C(=O)NCC(N)c2ccc(C(C)C)cc2)c1. The van der Waals surface area contributed by atoms with E-state index < -0.39 is 0 Å². The number of carbonyl (C=O) groups is 1. The number of rotatable bonds is 5. The quantitative estimate of drug-likeness (QED) is 0.886. The third-order valence-electron chi connectivity index (χ3n) is 3.79. The predicted molar refractivity (Wildman–Crippen MR) is 91.0 cm³/mol. The van der Waals surface area contributed by atoms with E-state index in [1.807, 2.05) is 43.3 Å². The zero-order chi connectivity index (χ0) is 16.1. The molecule has 1 atom stereocenters. The fourth-order valence-electron chi connectivity index (χ4n) is 2.34. The van der Waals surface area contributed by atoms with Crippen LogP contribution in [-0.2, 0) is 0 Å². The maximum Gasteiger partial charge on any atom is 0.251 e. The van der Waals surface area contributed by atoms with E-state index in [0.29, 0.717) is 18.0 Å². The summed E-state index contributed by atoms with van der Waals surface area (Å²) in [5, 5.41) is 2.90. The summed E-state index contributed by atoms with van der Waals surface area (Å²) in [4.78, 5) is 12.1. The summed E-state index contributed by atoms with van der Waals surface area (Å²) in [6, 6.07) is 15.6. The molecular formula is C19H24N2O. The molecule has 1 amide bonds. The molecule has 2 aromatic carbocycles. The Kier molecular flexibility index (Phi) is 5.34. The lowest BCUT2D eigenvalue weighted by Gasteiger charge is -2.15. The molecule has 0 spiro atoms. The van der Waals surface area contributed by atoms with Gasteiger partial charge in [-0.2, -0.15) is 0 Å². The lowest BCUT2D eigenvalue weighted by atomic mass is 9.99. The van der Waals surface area contributed by atoms with Gasteiger partial charge in [-0.25, -0.2) is 0 Å². The van der Waals surface area contributed by atoms with Crippen molar-refractivity contribution in [3.8, 4) is 0 Å². The largest absolute Gasteiger partial charge is 0.350 e.